The van der Waals surface area contributed by atoms with Crippen molar-refractivity contribution in [2.24, 2.45) is 0 Å². The molecule has 0 unspecified atom stereocenters. The fraction of sp³-hybridized carbons (Fsp3) is 0.250. The van der Waals surface area contributed by atoms with Gasteiger partial charge in [0, 0.05) is 42.3 Å². The number of amides is 1. The van der Waals surface area contributed by atoms with Crippen LogP contribution in [-0.2, 0) is 0 Å². The first-order valence-electron chi connectivity index (χ1n) is 9.30. The van der Waals surface area contributed by atoms with E-state index in [1.165, 1.54) is 4.90 Å². The van der Waals surface area contributed by atoms with Crippen molar-refractivity contribution in [2.75, 3.05) is 18.8 Å². The third-order valence-corrected chi connectivity index (χ3v) is 5.53. The summed E-state index contributed by atoms with van der Waals surface area (Å²) >= 11 is 0. The number of piperidine rings is 1. The Kier molecular flexibility index (Phi) is 3.71. The van der Waals surface area contributed by atoms with Crippen LogP contribution >= 0.6 is 0 Å². The zero-order valence-electron chi connectivity index (χ0n) is 15.2. The number of fused-ring (bicyclic) bond motifs is 2. The SMILES string of the molecule is Nc1nccn2c(C3CCN(C(=O)O)CC3)nc(-c3cc4ccccc4[nH]3)c12. The Hall–Kier alpha value is -3.55. The van der Waals surface area contributed by atoms with Crippen molar-refractivity contribution in [1.82, 2.24) is 24.3 Å². The largest absolute Gasteiger partial charge is 0.465 e. The maximum Gasteiger partial charge on any atom is 0.407 e. The average Bonchev–Trinajstić information content (AvgIpc) is 3.30. The highest BCUT2D eigenvalue weighted by molar-refractivity contribution is 5.91. The third kappa shape index (κ3) is 2.57. The number of likely N-dealkylation sites (tertiary alicyclic amines) is 1. The zero-order valence-corrected chi connectivity index (χ0v) is 15.2. The lowest BCUT2D eigenvalue weighted by Crippen LogP contribution is -2.37. The molecule has 0 spiro atoms. The number of rotatable bonds is 2. The topological polar surface area (TPSA) is 113 Å². The Morgan fingerprint density at radius 3 is 2.79 bits per heavy atom. The molecule has 0 aliphatic carbocycles. The van der Waals surface area contributed by atoms with Crippen molar-refractivity contribution in [1.29, 1.82) is 0 Å². The standard InChI is InChI=1S/C20H20N6O2/c21-18-17-16(15-11-13-3-1-2-4-14(13)23-15)24-19(26(17)10-7-22-18)12-5-8-25(9-6-12)20(27)28/h1-4,7,10-12,23H,5-6,8-9H2,(H2,21,22)(H,27,28). The molecule has 0 saturated carbocycles. The highest BCUT2D eigenvalue weighted by Crippen LogP contribution is 2.35. The minimum absolute atomic E-state index is 0.169. The summed E-state index contributed by atoms with van der Waals surface area (Å²) < 4.78 is 2.00. The first-order valence-corrected chi connectivity index (χ1v) is 9.30. The van der Waals surface area contributed by atoms with Crippen molar-refractivity contribution < 1.29 is 9.90 Å². The van der Waals surface area contributed by atoms with Crippen LogP contribution in [0.3, 0.4) is 0 Å². The zero-order chi connectivity index (χ0) is 19.3. The van der Waals surface area contributed by atoms with Gasteiger partial charge in [0.15, 0.2) is 0 Å². The Bertz CT molecular complexity index is 1150. The molecular formula is C20H20N6O2. The van der Waals surface area contributed by atoms with Crippen LogP contribution in [0, 0.1) is 0 Å². The number of hydrogen-bond acceptors (Lipinski definition) is 4. The van der Waals surface area contributed by atoms with Crippen LogP contribution in [0.25, 0.3) is 27.8 Å². The van der Waals surface area contributed by atoms with Crippen molar-refractivity contribution in [3.05, 3.63) is 48.5 Å². The Morgan fingerprint density at radius 2 is 2.04 bits per heavy atom. The summed E-state index contributed by atoms with van der Waals surface area (Å²) in [7, 11) is 0. The number of nitrogens with one attached hydrogen (secondary N) is 1. The van der Waals surface area contributed by atoms with Crippen LogP contribution in [0.1, 0.15) is 24.6 Å². The second kappa shape index (κ2) is 6.26. The number of aromatic nitrogens is 4. The molecule has 4 N–H and O–H groups in total. The summed E-state index contributed by atoms with van der Waals surface area (Å²) in [5, 5.41) is 10.3. The van der Waals surface area contributed by atoms with Gasteiger partial charge in [-0.2, -0.15) is 0 Å². The lowest BCUT2D eigenvalue weighted by Gasteiger charge is -2.29. The van der Waals surface area contributed by atoms with Crippen molar-refractivity contribution in [3.8, 4) is 11.4 Å². The molecule has 1 aromatic carbocycles. The highest BCUT2D eigenvalue weighted by atomic mass is 16.4. The molecule has 1 saturated heterocycles. The van der Waals surface area contributed by atoms with Gasteiger partial charge in [0.2, 0.25) is 0 Å². The molecule has 28 heavy (non-hydrogen) atoms. The summed E-state index contributed by atoms with van der Waals surface area (Å²) in [6, 6.07) is 10.1. The summed E-state index contributed by atoms with van der Waals surface area (Å²) in [6.07, 6.45) is 4.16. The van der Waals surface area contributed by atoms with Crippen molar-refractivity contribution >= 4 is 28.3 Å². The van der Waals surface area contributed by atoms with Crippen LogP contribution in [0.15, 0.2) is 42.7 Å². The number of nitrogens with two attached hydrogens (primary N) is 1. The van der Waals surface area contributed by atoms with Crippen molar-refractivity contribution in [2.45, 2.75) is 18.8 Å². The number of carbonyl (C=O) groups is 1. The maximum absolute atomic E-state index is 11.2. The normalized spacial score (nSPS) is 15.5. The first kappa shape index (κ1) is 16.6. The Morgan fingerprint density at radius 1 is 1.25 bits per heavy atom. The molecule has 0 radical (unpaired) electrons. The molecule has 8 nitrogen and oxygen atoms in total. The molecule has 5 rings (SSSR count). The first-order chi connectivity index (χ1) is 13.6. The van der Waals surface area contributed by atoms with E-state index in [0.717, 1.165) is 46.5 Å². The minimum atomic E-state index is -0.862. The molecule has 4 aromatic rings. The van der Waals surface area contributed by atoms with E-state index in [-0.39, 0.29) is 5.92 Å². The van der Waals surface area contributed by atoms with Crippen LogP contribution in [-0.4, -0.2) is 48.5 Å². The van der Waals surface area contributed by atoms with Gasteiger partial charge >= 0.3 is 6.09 Å². The molecule has 142 valence electrons. The van der Waals surface area contributed by atoms with Crippen LogP contribution in [0.4, 0.5) is 10.6 Å². The van der Waals surface area contributed by atoms with Gasteiger partial charge in [-0.05, 0) is 25.0 Å². The van der Waals surface area contributed by atoms with E-state index in [1.54, 1.807) is 6.20 Å². The lowest BCUT2D eigenvalue weighted by molar-refractivity contribution is 0.131. The number of para-hydroxylation sites is 1. The van der Waals surface area contributed by atoms with E-state index in [2.05, 4.69) is 22.1 Å². The van der Waals surface area contributed by atoms with E-state index >= 15 is 0 Å². The lowest BCUT2D eigenvalue weighted by atomic mass is 9.96. The molecule has 1 amide bonds. The van der Waals surface area contributed by atoms with E-state index < -0.39 is 6.09 Å². The third-order valence-electron chi connectivity index (χ3n) is 5.53. The minimum Gasteiger partial charge on any atom is -0.465 e. The molecule has 1 aliphatic heterocycles. The number of H-pyrrole nitrogens is 1. The number of benzene rings is 1. The number of carboxylic acid groups (broad SMARTS) is 1. The summed E-state index contributed by atoms with van der Waals surface area (Å²) in [4.78, 5) is 25.3. The maximum atomic E-state index is 11.2. The average molecular weight is 376 g/mol. The monoisotopic (exact) mass is 376 g/mol. The second-order valence-corrected chi connectivity index (χ2v) is 7.16. The van der Waals surface area contributed by atoms with Gasteiger partial charge in [-0.3, -0.25) is 4.40 Å². The Labute approximate surface area is 160 Å². The van der Waals surface area contributed by atoms with Gasteiger partial charge in [0.1, 0.15) is 22.9 Å². The van der Waals surface area contributed by atoms with Gasteiger partial charge < -0.3 is 20.7 Å². The van der Waals surface area contributed by atoms with Gasteiger partial charge in [-0.1, -0.05) is 18.2 Å². The van der Waals surface area contributed by atoms with Gasteiger partial charge in [-0.15, -0.1) is 0 Å². The summed E-state index contributed by atoms with van der Waals surface area (Å²) in [6.45, 7) is 1.02. The number of nitrogen functional groups attached to an aromatic ring is 1. The summed E-state index contributed by atoms with van der Waals surface area (Å²) in [5.41, 5.74) is 9.71. The molecular weight excluding hydrogens is 356 g/mol. The quantitative estimate of drug-likeness (QED) is 0.497. The van der Waals surface area contributed by atoms with Crippen molar-refractivity contribution in [3.63, 3.8) is 0 Å². The fourth-order valence-corrected chi connectivity index (χ4v) is 4.09. The van der Waals surface area contributed by atoms with E-state index in [1.807, 2.05) is 28.8 Å². The Balaban J connectivity index is 1.62. The smallest absolute Gasteiger partial charge is 0.407 e. The van der Waals surface area contributed by atoms with Gasteiger partial charge in [-0.25, -0.2) is 14.8 Å². The van der Waals surface area contributed by atoms with E-state index in [4.69, 9.17) is 10.7 Å². The highest BCUT2D eigenvalue weighted by Gasteiger charge is 2.28. The van der Waals surface area contributed by atoms with Crippen LogP contribution in [0.2, 0.25) is 0 Å². The molecule has 4 heterocycles. The molecule has 1 aliphatic rings. The summed E-state index contributed by atoms with van der Waals surface area (Å²) in [5.74, 6) is 1.50. The molecule has 8 heteroatoms. The number of anilines is 1. The number of hydrogen-bond donors (Lipinski definition) is 3. The van der Waals surface area contributed by atoms with Gasteiger partial charge in [0.25, 0.3) is 0 Å². The molecule has 1 fully saturated rings. The van der Waals surface area contributed by atoms with Crippen LogP contribution in [0.5, 0.6) is 0 Å². The molecule has 3 aromatic heterocycles. The molecule has 0 atom stereocenters. The van der Waals surface area contributed by atoms with E-state index in [0.29, 0.717) is 18.9 Å². The van der Waals surface area contributed by atoms with Gasteiger partial charge in [0.05, 0.1) is 5.69 Å². The predicted octanol–water partition coefficient (Wildman–Crippen LogP) is 3.32. The number of aromatic amines is 1. The van der Waals surface area contributed by atoms with Crippen LogP contribution < -0.4 is 5.73 Å². The predicted molar refractivity (Wildman–Crippen MR) is 106 cm³/mol. The number of imidazole rings is 1. The fourth-order valence-electron chi connectivity index (χ4n) is 4.09. The number of nitrogens with zero attached hydrogens (tertiary/aromatic N) is 4. The second-order valence-electron chi connectivity index (χ2n) is 7.16. The molecule has 0 bridgehead atoms. The van der Waals surface area contributed by atoms with E-state index in [9.17, 15) is 9.90 Å².